The highest BCUT2D eigenvalue weighted by Crippen LogP contribution is 2.44. The van der Waals surface area contributed by atoms with Crippen LogP contribution in [0.3, 0.4) is 0 Å². The van der Waals surface area contributed by atoms with E-state index in [2.05, 4.69) is 9.55 Å². The van der Waals surface area contributed by atoms with Crippen molar-refractivity contribution in [3.63, 3.8) is 0 Å². The summed E-state index contributed by atoms with van der Waals surface area (Å²) in [6.07, 6.45) is 3.66. The van der Waals surface area contributed by atoms with Crippen molar-refractivity contribution in [2.24, 2.45) is 0 Å². The van der Waals surface area contributed by atoms with E-state index in [0.29, 0.717) is 11.6 Å². The van der Waals surface area contributed by atoms with Gasteiger partial charge in [-0.25, -0.2) is 9.37 Å². The topological polar surface area (TPSA) is 27.1 Å². The van der Waals surface area contributed by atoms with Crippen LogP contribution >= 0.6 is 23.2 Å². The number of fused-ring (bicyclic) bond motifs is 3. The SMILES string of the molecule is CC(Cl)c1nc2cc(F)c(Cl)cc2n1C1CC2CCC1O2. The lowest BCUT2D eigenvalue weighted by molar-refractivity contribution is 0.0939. The number of alkyl halides is 1. The molecule has 6 heteroatoms. The molecule has 2 aromatic rings. The molecule has 2 saturated heterocycles. The summed E-state index contributed by atoms with van der Waals surface area (Å²) in [6, 6.07) is 3.24. The summed E-state index contributed by atoms with van der Waals surface area (Å²) < 4.78 is 21.7. The van der Waals surface area contributed by atoms with Crippen molar-refractivity contribution in [3.05, 3.63) is 28.8 Å². The van der Waals surface area contributed by atoms with E-state index in [-0.39, 0.29) is 22.5 Å². The third-order valence-electron chi connectivity index (χ3n) is 4.52. The largest absolute Gasteiger partial charge is 0.373 e. The molecule has 1 aromatic heterocycles. The quantitative estimate of drug-likeness (QED) is 0.752. The molecule has 4 rings (SSSR count). The molecule has 112 valence electrons. The monoisotopic (exact) mass is 328 g/mol. The minimum Gasteiger partial charge on any atom is -0.373 e. The predicted octanol–water partition coefficient (Wildman–Crippen LogP) is 4.62. The summed E-state index contributed by atoms with van der Waals surface area (Å²) in [5.74, 6) is 0.307. The maximum absolute atomic E-state index is 13.7. The second kappa shape index (κ2) is 4.83. The van der Waals surface area contributed by atoms with E-state index in [1.807, 2.05) is 6.92 Å². The Balaban J connectivity index is 1.92. The number of nitrogens with zero attached hydrogens (tertiary/aromatic N) is 2. The van der Waals surface area contributed by atoms with Gasteiger partial charge in [0.15, 0.2) is 0 Å². The number of halogens is 3. The van der Waals surface area contributed by atoms with Crippen molar-refractivity contribution in [2.75, 3.05) is 0 Å². The molecule has 0 N–H and O–H groups in total. The van der Waals surface area contributed by atoms with Crippen LogP contribution in [-0.2, 0) is 4.74 Å². The van der Waals surface area contributed by atoms with Gasteiger partial charge in [-0.15, -0.1) is 11.6 Å². The lowest BCUT2D eigenvalue weighted by Crippen LogP contribution is -2.22. The van der Waals surface area contributed by atoms with Gasteiger partial charge >= 0.3 is 0 Å². The van der Waals surface area contributed by atoms with E-state index in [9.17, 15) is 4.39 Å². The molecule has 4 unspecified atom stereocenters. The molecule has 2 bridgehead atoms. The zero-order valence-corrected chi connectivity index (χ0v) is 13.0. The van der Waals surface area contributed by atoms with Gasteiger partial charge in [-0.3, -0.25) is 0 Å². The standard InChI is InChI=1S/C15H15Cl2FN2O/c1-7(16)15-19-11-6-10(18)9(17)5-12(11)20(15)13-4-8-2-3-14(13)21-8/h5-8,13-14H,2-4H2,1H3. The van der Waals surface area contributed by atoms with E-state index in [0.717, 1.165) is 30.6 Å². The smallest absolute Gasteiger partial charge is 0.144 e. The van der Waals surface area contributed by atoms with Crippen molar-refractivity contribution in [1.29, 1.82) is 0 Å². The van der Waals surface area contributed by atoms with E-state index < -0.39 is 5.82 Å². The molecular formula is C15H15Cl2FN2O. The summed E-state index contributed by atoms with van der Waals surface area (Å²) in [4.78, 5) is 4.52. The molecule has 0 amide bonds. The van der Waals surface area contributed by atoms with Gasteiger partial charge < -0.3 is 9.30 Å². The van der Waals surface area contributed by atoms with Gasteiger partial charge in [-0.05, 0) is 32.3 Å². The molecule has 1 aromatic carbocycles. The van der Waals surface area contributed by atoms with Crippen LogP contribution in [0.2, 0.25) is 5.02 Å². The van der Waals surface area contributed by atoms with Crippen molar-refractivity contribution < 1.29 is 9.13 Å². The summed E-state index contributed by atoms with van der Waals surface area (Å²) in [5.41, 5.74) is 1.44. The van der Waals surface area contributed by atoms with Crippen molar-refractivity contribution in [3.8, 4) is 0 Å². The molecular weight excluding hydrogens is 314 g/mol. The summed E-state index contributed by atoms with van der Waals surface area (Å²) >= 11 is 12.2. The van der Waals surface area contributed by atoms with Crippen LogP contribution in [0.15, 0.2) is 12.1 Å². The normalized spacial score (nSPS) is 29.4. The Kier molecular flexibility index (Phi) is 3.18. The van der Waals surface area contributed by atoms with Gasteiger partial charge in [0.05, 0.1) is 39.7 Å². The molecule has 2 aliphatic rings. The highest BCUT2D eigenvalue weighted by atomic mass is 35.5. The van der Waals surface area contributed by atoms with E-state index in [4.69, 9.17) is 27.9 Å². The first kappa shape index (κ1) is 13.8. The van der Waals surface area contributed by atoms with E-state index in [1.165, 1.54) is 6.07 Å². The number of ether oxygens (including phenoxy) is 1. The second-order valence-corrected chi connectivity index (χ2v) is 6.95. The first-order valence-electron chi connectivity index (χ1n) is 7.21. The Bertz CT molecular complexity index is 715. The predicted molar refractivity (Wildman–Crippen MR) is 80.5 cm³/mol. The number of aromatic nitrogens is 2. The molecule has 0 aliphatic carbocycles. The molecule has 0 spiro atoms. The Labute approximate surface area is 132 Å². The Morgan fingerprint density at radius 2 is 2.24 bits per heavy atom. The molecule has 2 aliphatic heterocycles. The van der Waals surface area contributed by atoms with E-state index >= 15 is 0 Å². The molecule has 0 saturated carbocycles. The molecule has 21 heavy (non-hydrogen) atoms. The number of benzene rings is 1. The molecule has 0 radical (unpaired) electrons. The maximum atomic E-state index is 13.7. The van der Waals surface area contributed by atoms with Crippen molar-refractivity contribution in [2.45, 2.75) is 49.8 Å². The number of imidazole rings is 1. The first-order valence-corrected chi connectivity index (χ1v) is 8.02. The summed E-state index contributed by atoms with van der Waals surface area (Å²) in [6.45, 7) is 1.88. The Morgan fingerprint density at radius 1 is 1.43 bits per heavy atom. The van der Waals surface area contributed by atoms with Crippen molar-refractivity contribution in [1.82, 2.24) is 9.55 Å². The van der Waals surface area contributed by atoms with Crippen LogP contribution < -0.4 is 0 Å². The maximum Gasteiger partial charge on any atom is 0.144 e. The number of hydrogen-bond donors (Lipinski definition) is 0. The lowest BCUT2D eigenvalue weighted by atomic mass is 9.95. The highest BCUT2D eigenvalue weighted by molar-refractivity contribution is 6.31. The van der Waals surface area contributed by atoms with Crippen molar-refractivity contribution >= 4 is 34.2 Å². The third kappa shape index (κ3) is 2.07. The molecule has 2 fully saturated rings. The first-order chi connectivity index (χ1) is 10.0. The zero-order chi connectivity index (χ0) is 14.7. The van der Waals surface area contributed by atoms with Crippen LogP contribution in [0.1, 0.15) is 43.4 Å². The minimum atomic E-state index is -0.452. The van der Waals surface area contributed by atoms with Gasteiger partial charge in [0.1, 0.15) is 11.6 Å². The fraction of sp³-hybridized carbons (Fsp3) is 0.533. The highest BCUT2D eigenvalue weighted by Gasteiger charge is 2.43. The van der Waals surface area contributed by atoms with Crippen LogP contribution in [0.4, 0.5) is 4.39 Å². The number of hydrogen-bond acceptors (Lipinski definition) is 2. The van der Waals surface area contributed by atoms with Gasteiger partial charge in [0, 0.05) is 6.07 Å². The fourth-order valence-corrected chi connectivity index (χ4v) is 3.93. The molecule has 3 nitrogen and oxygen atoms in total. The number of rotatable bonds is 2. The lowest BCUT2D eigenvalue weighted by Gasteiger charge is -2.24. The molecule has 4 atom stereocenters. The van der Waals surface area contributed by atoms with Gasteiger partial charge in [0.2, 0.25) is 0 Å². The second-order valence-electron chi connectivity index (χ2n) is 5.89. The van der Waals surface area contributed by atoms with E-state index in [1.54, 1.807) is 6.07 Å². The van der Waals surface area contributed by atoms with Crippen LogP contribution in [-0.4, -0.2) is 21.8 Å². The minimum absolute atomic E-state index is 0.113. The Morgan fingerprint density at radius 3 is 2.86 bits per heavy atom. The fourth-order valence-electron chi connectivity index (χ4n) is 3.62. The summed E-state index contributed by atoms with van der Waals surface area (Å²) in [7, 11) is 0. The van der Waals surface area contributed by atoms with Crippen LogP contribution in [0.5, 0.6) is 0 Å². The summed E-state index contributed by atoms with van der Waals surface area (Å²) in [5, 5.41) is -0.139. The Hall–Kier alpha value is -0.840. The average Bonchev–Trinajstić information content (AvgIpc) is 3.12. The van der Waals surface area contributed by atoms with Gasteiger partial charge in [0.25, 0.3) is 0 Å². The van der Waals surface area contributed by atoms with Gasteiger partial charge in [-0.1, -0.05) is 11.6 Å². The molecule has 3 heterocycles. The zero-order valence-electron chi connectivity index (χ0n) is 11.5. The van der Waals surface area contributed by atoms with Crippen LogP contribution in [0.25, 0.3) is 11.0 Å². The van der Waals surface area contributed by atoms with Gasteiger partial charge in [-0.2, -0.15) is 0 Å². The van der Waals surface area contributed by atoms with Crippen LogP contribution in [0, 0.1) is 5.82 Å². The average molecular weight is 329 g/mol. The third-order valence-corrected chi connectivity index (χ3v) is 5.01.